The number of nitrogens with zero attached hydrogens (tertiary/aromatic N) is 3. The summed E-state index contributed by atoms with van der Waals surface area (Å²) in [4.78, 5) is 26.5. The number of benzene rings is 1. The van der Waals surface area contributed by atoms with Gasteiger partial charge < -0.3 is 15.1 Å². The van der Waals surface area contributed by atoms with Gasteiger partial charge in [-0.1, -0.05) is 6.07 Å². The summed E-state index contributed by atoms with van der Waals surface area (Å²) < 4.78 is 26.8. The van der Waals surface area contributed by atoms with Gasteiger partial charge in [-0.15, -0.1) is 0 Å². The van der Waals surface area contributed by atoms with Crippen molar-refractivity contribution in [1.82, 2.24) is 19.4 Å². The van der Waals surface area contributed by atoms with Crippen LogP contribution in [0.2, 0.25) is 0 Å². The van der Waals surface area contributed by atoms with Crippen LogP contribution in [-0.4, -0.2) is 88.2 Å². The molecule has 1 saturated heterocycles. The highest BCUT2D eigenvalue weighted by molar-refractivity contribution is 7.89. The lowest BCUT2D eigenvalue weighted by Crippen LogP contribution is -2.48. The molecular weight excluding hydrogens is 344 g/mol. The highest BCUT2D eigenvalue weighted by atomic mass is 32.2. The number of sulfonamides is 1. The van der Waals surface area contributed by atoms with Crippen molar-refractivity contribution in [3.05, 3.63) is 29.8 Å². The molecule has 1 aliphatic rings. The van der Waals surface area contributed by atoms with Crippen LogP contribution in [0.3, 0.4) is 0 Å². The highest BCUT2D eigenvalue weighted by Crippen LogP contribution is 2.18. The Morgan fingerprint density at radius 3 is 2.52 bits per heavy atom. The molecule has 138 valence electrons. The summed E-state index contributed by atoms with van der Waals surface area (Å²) >= 11 is 0. The van der Waals surface area contributed by atoms with Crippen LogP contribution < -0.4 is 5.32 Å². The number of hydrogen-bond donors (Lipinski definition) is 1. The number of carbonyl (C=O) groups excluding carboxylic acids is 2. The van der Waals surface area contributed by atoms with Crippen molar-refractivity contribution >= 4 is 22.3 Å². The van der Waals surface area contributed by atoms with Crippen molar-refractivity contribution in [3.8, 4) is 0 Å². The Hall–Kier alpha value is -1.97. The smallest absolute Gasteiger partial charge is 0.251 e. The van der Waals surface area contributed by atoms with Gasteiger partial charge in [0.1, 0.15) is 0 Å². The number of nitrogens with one attached hydrogen (secondary N) is 1. The zero-order valence-electron chi connectivity index (χ0n) is 14.5. The van der Waals surface area contributed by atoms with Crippen LogP contribution in [0.5, 0.6) is 0 Å². The Morgan fingerprint density at radius 1 is 1.24 bits per heavy atom. The van der Waals surface area contributed by atoms with Gasteiger partial charge in [0.05, 0.1) is 4.90 Å². The fourth-order valence-corrected chi connectivity index (χ4v) is 3.96. The zero-order chi connectivity index (χ0) is 18.4. The number of rotatable bonds is 7. The lowest BCUT2D eigenvalue weighted by molar-refractivity contribution is -0.119. The molecule has 25 heavy (non-hydrogen) atoms. The Labute approximate surface area is 148 Å². The summed E-state index contributed by atoms with van der Waals surface area (Å²) in [6.07, 6.45) is 0.725. The first-order valence-electron chi connectivity index (χ1n) is 8.07. The van der Waals surface area contributed by atoms with Gasteiger partial charge in [0, 0.05) is 44.8 Å². The van der Waals surface area contributed by atoms with E-state index in [-0.39, 0.29) is 23.9 Å². The molecule has 0 saturated carbocycles. The van der Waals surface area contributed by atoms with E-state index < -0.39 is 10.0 Å². The molecule has 1 aromatic carbocycles. The lowest BCUT2D eigenvalue weighted by atomic mass is 10.2. The van der Waals surface area contributed by atoms with E-state index in [9.17, 15) is 18.0 Å². The third-order valence-electron chi connectivity index (χ3n) is 4.00. The Kier molecular flexibility index (Phi) is 6.51. The summed E-state index contributed by atoms with van der Waals surface area (Å²) in [5.74, 6) is -0.301. The summed E-state index contributed by atoms with van der Waals surface area (Å²) in [5, 5.41) is 2.77. The fourth-order valence-electron chi connectivity index (χ4n) is 2.49. The van der Waals surface area contributed by atoms with Crippen LogP contribution in [0.15, 0.2) is 29.2 Å². The maximum absolute atomic E-state index is 12.7. The van der Waals surface area contributed by atoms with E-state index in [4.69, 9.17) is 0 Å². The Bertz CT molecular complexity index is 713. The zero-order valence-corrected chi connectivity index (χ0v) is 15.3. The van der Waals surface area contributed by atoms with E-state index in [0.29, 0.717) is 31.7 Å². The van der Waals surface area contributed by atoms with Gasteiger partial charge in [0.15, 0.2) is 0 Å². The molecule has 1 N–H and O–H groups in total. The first-order chi connectivity index (χ1) is 11.8. The molecule has 0 unspecified atom stereocenters. The molecule has 0 atom stereocenters. The molecule has 9 heteroatoms. The first-order valence-corrected chi connectivity index (χ1v) is 9.51. The molecule has 2 rings (SSSR count). The minimum absolute atomic E-state index is 0.0901. The minimum atomic E-state index is -3.68. The molecule has 1 fully saturated rings. The third kappa shape index (κ3) is 5.00. The van der Waals surface area contributed by atoms with E-state index in [2.05, 4.69) is 5.32 Å². The molecule has 0 spiro atoms. The predicted octanol–water partition coefficient (Wildman–Crippen LogP) is -0.559. The second kappa shape index (κ2) is 8.41. The van der Waals surface area contributed by atoms with Crippen molar-refractivity contribution in [3.63, 3.8) is 0 Å². The maximum Gasteiger partial charge on any atom is 0.251 e. The van der Waals surface area contributed by atoms with E-state index in [1.807, 2.05) is 19.0 Å². The van der Waals surface area contributed by atoms with Crippen LogP contribution in [-0.2, 0) is 14.8 Å². The van der Waals surface area contributed by atoms with Crippen molar-refractivity contribution in [2.24, 2.45) is 0 Å². The molecule has 1 aliphatic heterocycles. The second-order valence-corrected chi connectivity index (χ2v) is 8.07. The number of piperazine rings is 1. The standard InChI is InChI=1S/C16H24N4O4S/c1-18(2)7-6-17-16(22)14-4-3-5-15(12-14)25(23,24)20-10-8-19(13-21)9-11-20/h3-5,12-13H,6-11H2,1-2H3,(H,17,22). The molecule has 0 aliphatic carbocycles. The normalized spacial score (nSPS) is 16.0. The van der Waals surface area contributed by atoms with Gasteiger partial charge >= 0.3 is 0 Å². The van der Waals surface area contributed by atoms with Crippen LogP contribution >= 0.6 is 0 Å². The third-order valence-corrected chi connectivity index (χ3v) is 5.90. The highest BCUT2D eigenvalue weighted by Gasteiger charge is 2.28. The average Bonchev–Trinajstić information content (AvgIpc) is 2.61. The molecule has 1 heterocycles. The topological polar surface area (TPSA) is 90.0 Å². The maximum atomic E-state index is 12.7. The molecular formula is C16H24N4O4S. The van der Waals surface area contributed by atoms with Crippen molar-refractivity contribution in [1.29, 1.82) is 0 Å². The van der Waals surface area contributed by atoms with Gasteiger partial charge in [0.25, 0.3) is 5.91 Å². The second-order valence-electron chi connectivity index (χ2n) is 6.13. The SMILES string of the molecule is CN(C)CCNC(=O)c1cccc(S(=O)(=O)N2CCN(C=O)CC2)c1. The van der Waals surface area contributed by atoms with Gasteiger partial charge in [-0.05, 0) is 32.3 Å². The number of hydrogen-bond acceptors (Lipinski definition) is 5. The monoisotopic (exact) mass is 368 g/mol. The van der Waals surface area contributed by atoms with Gasteiger partial charge in [-0.3, -0.25) is 9.59 Å². The molecule has 1 aromatic rings. The molecule has 2 amide bonds. The predicted molar refractivity (Wildman–Crippen MR) is 93.7 cm³/mol. The van der Waals surface area contributed by atoms with E-state index in [1.165, 1.54) is 16.4 Å². The molecule has 0 bridgehead atoms. The van der Waals surface area contributed by atoms with Gasteiger partial charge in [0.2, 0.25) is 16.4 Å². The Morgan fingerprint density at radius 2 is 1.92 bits per heavy atom. The van der Waals surface area contributed by atoms with Crippen molar-refractivity contribution in [2.45, 2.75) is 4.90 Å². The van der Waals surface area contributed by atoms with E-state index in [0.717, 1.165) is 6.41 Å². The summed E-state index contributed by atoms with van der Waals surface area (Å²) in [7, 11) is 0.132. The van der Waals surface area contributed by atoms with Crippen molar-refractivity contribution < 1.29 is 18.0 Å². The Balaban J connectivity index is 2.09. The van der Waals surface area contributed by atoms with E-state index >= 15 is 0 Å². The number of amides is 2. The van der Waals surface area contributed by atoms with E-state index in [1.54, 1.807) is 17.0 Å². The summed E-state index contributed by atoms with van der Waals surface area (Å²) in [5.41, 5.74) is 0.311. The van der Waals surface area contributed by atoms with Crippen LogP contribution in [0.4, 0.5) is 0 Å². The van der Waals surface area contributed by atoms with Crippen LogP contribution in [0.1, 0.15) is 10.4 Å². The van der Waals surface area contributed by atoms with Gasteiger partial charge in [-0.25, -0.2) is 8.42 Å². The largest absolute Gasteiger partial charge is 0.351 e. The molecule has 0 aromatic heterocycles. The lowest BCUT2D eigenvalue weighted by Gasteiger charge is -2.31. The number of carbonyl (C=O) groups is 2. The first kappa shape index (κ1) is 19.4. The summed E-state index contributed by atoms with van der Waals surface area (Å²) in [6.45, 7) is 2.42. The van der Waals surface area contributed by atoms with Crippen LogP contribution in [0, 0.1) is 0 Å². The molecule has 0 radical (unpaired) electrons. The van der Waals surface area contributed by atoms with Crippen LogP contribution in [0.25, 0.3) is 0 Å². The minimum Gasteiger partial charge on any atom is -0.351 e. The molecule has 8 nitrogen and oxygen atoms in total. The number of likely N-dealkylation sites (N-methyl/N-ethyl adjacent to an activating group) is 1. The average molecular weight is 368 g/mol. The quantitative estimate of drug-likeness (QED) is 0.652. The van der Waals surface area contributed by atoms with Crippen molar-refractivity contribution in [2.75, 3.05) is 53.4 Å². The fraction of sp³-hybridized carbons (Fsp3) is 0.500. The summed E-state index contributed by atoms with van der Waals surface area (Å²) in [6, 6.07) is 6.04. The van der Waals surface area contributed by atoms with Gasteiger partial charge in [-0.2, -0.15) is 4.31 Å².